The number of hydrogen-bond donors (Lipinski definition) is 2. The molecule has 5 nitrogen and oxygen atoms in total. The first kappa shape index (κ1) is 11.9. The molecule has 0 spiro atoms. The molecule has 0 bridgehead atoms. The van der Waals surface area contributed by atoms with Gasteiger partial charge < -0.3 is 10.6 Å². The molecule has 1 aliphatic heterocycles. The van der Waals surface area contributed by atoms with E-state index < -0.39 is 0 Å². The van der Waals surface area contributed by atoms with Gasteiger partial charge in [-0.2, -0.15) is 5.10 Å². The number of amides is 1. The summed E-state index contributed by atoms with van der Waals surface area (Å²) >= 11 is 0. The summed E-state index contributed by atoms with van der Waals surface area (Å²) in [6.07, 6.45) is 4.04. The highest BCUT2D eigenvalue weighted by Crippen LogP contribution is 2.29. The van der Waals surface area contributed by atoms with Crippen molar-refractivity contribution in [3.8, 4) is 0 Å². The summed E-state index contributed by atoms with van der Waals surface area (Å²) in [5, 5.41) is 6.50. The van der Waals surface area contributed by atoms with Gasteiger partial charge in [-0.25, -0.2) is 0 Å². The summed E-state index contributed by atoms with van der Waals surface area (Å²) in [7, 11) is 0. The highest BCUT2D eigenvalue weighted by atomic mass is 16.2. The lowest BCUT2D eigenvalue weighted by molar-refractivity contribution is 0.0668. The molecule has 5 heteroatoms. The van der Waals surface area contributed by atoms with Gasteiger partial charge in [0, 0.05) is 19.3 Å². The second-order valence-corrected chi connectivity index (χ2v) is 4.69. The number of rotatable bonds is 2. The van der Waals surface area contributed by atoms with E-state index in [4.69, 9.17) is 5.73 Å². The molecule has 0 fully saturated rings. The van der Waals surface area contributed by atoms with E-state index in [1.165, 1.54) is 5.56 Å². The van der Waals surface area contributed by atoms with Gasteiger partial charge >= 0.3 is 0 Å². The van der Waals surface area contributed by atoms with Crippen LogP contribution in [0.4, 0.5) is 0 Å². The molecule has 3 N–H and O–H groups in total. The van der Waals surface area contributed by atoms with E-state index in [1.807, 2.05) is 17.0 Å². The van der Waals surface area contributed by atoms with E-state index in [2.05, 4.69) is 22.3 Å². The van der Waals surface area contributed by atoms with Gasteiger partial charge in [0.05, 0.1) is 17.8 Å². The number of aromatic nitrogens is 2. The zero-order chi connectivity index (χ0) is 13.2. The Morgan fingerprint density at radius 3 is 3.05 bits per heavy atom. The third-order valence-electron chi connectivity index (χ3n) is 3.64. The molecule has 1 atom stereocenters. The van der Waals surface area contributed by atoms with Crippen LogP contribution in [0.1, 0.15) is 27.5 Å². The van der Waals surface area contributed by atoms with E-state index >= 15 is 0 Å². The Hall–Kier alpha value is -2.14. The second kappa shape index (κ2) is 4.85. The summed E-state index contributed by atoms with van der Waals surface area (Å²) in [5.74, 6) is -0.0151. The number of benzene rings is 1. The summed E-state index contributed by atoms with van der Waals surface area (Å²) in [4.78, 5) is 14.3. The Kier molecular flexibility index (Phi) is 3.05. The first-order valence-corrected chi connectivity index (χ1v) is 6.39. The maximum Gasteiger partial charge on any atom is 0.257 e. The van der Waals surface area contributed by atoms with Crippen LogP contribution in [0.3, 0.4) is 0 Å². The Bertz CT molecular complexity index is 579. The monoisotopic (exact) mass is 256 g/mol. The van der Waals surface area contributed by atoms with Gasteiger partial charge in [0.1, 0.15) is 0 Å². The van der Waals surface area contributed by atoms with Crippen molar-refractivity contribution in [1.29, 1.82) is 0 Å². The largest absolute Gasteiger partial charge is 0.330 e. The molecule has 1 unspecified atom stereocenters. The molecule has 1 aromatic carbocycles. The smallest absolute Gasteiger partial charge is 0.257 e. The van der Waals surface area contributed by atoms with Gasteiger partial charge in [-0.05, 0) is 17.5 Å². The normalized spacial score (nSPS) is 18.2. The predicted molar refractivity (Wildman–Crippen MR) is 71.6 cm³/mol. The van der Waals surface area contributed by atoms with Crippen LogP contribution in [-0.2, 0) is 6.42 Å². The molecular weight excluding hydrogens is 240 g/mol. The minimum absolute atomic E-state index is 0.0151. The average Bonchev–Trinajstić information content (AvgIpc) is 2.99. The SMILES string of the molecule is NCC1c2ccccc2CCN1C(=O)c1cn[nH]c1. The number of nitrogens with two attached hydrogens (primary N) is 1. The Labute approximate surface area is 111 Å². The Morgan fingerprint density at radius 1 is 1.47 bits per heavy atom. The lowest BCUT2D eigenvalue weighted by Crippen LogP contribution is -2.43. The average molecular weight is 256 g/mol. The number of fused-ring (bicyclic) bond motifs is 1. The van der Waals surface area contributed by atoms with E-state index in [9.17, 15) is 4.79 Å². The van der Waals surface area contributed by atoms with Crippen molar-refractivity contribution < 1.29 is 4.79 Å². The molecule has 3 rings (SSSR count). The Morgan fingerprint density at radius 2 is 2.32 bits per heavy atom. The molecule has 19 heavy (non-hydrogen) atoms. The quantitative estimate of drug-likeness (QED) is 0.845. The number of carbonyl (C=O) groups is 1. The van der Waals surface area contributed by atoms with Gasteiger partial charge in [-0.1, -0.05) is 24.3 Å². The van der Waals surface area contributed by atoms with Crippen LogP contribution in [0, 0.1) is 0 Å². The van der Waals surface area contributed by atoms with Crippen molar-refractivity contribution in [3.05, 3.63) is 53.3 Å². The molecule has 0 saturated heterocycles. The van der Waals surface area contributed by atoms with Crippen molar-refractivity contribution in [1.82, 2.24) is 15.1 Å². The van der Waals surface area contributed by atoms with E-state index in [-0.39, 0.29) is 11.9 Å². The molecule has 1 aliphatic rings. The van der Waals surface area contributed by atoms with Crippen molar-refractivity contribution in [3.63, 3.8) is 0 Å². The highest BCUT2D eigenvalue weighted by Gasteiger charge is 2.30. The molecule has 1 aromatic heterocycles. The van der Waals surface area contributed by atoms with E-state index in [0.717, 1.165) is 12.0 Å². The number of aromatic amines is 1. The minimum atomic E-state index is -0.0487. The first-order chi connectivity index (χ1) is 9.31. The maximum absolute atomic E-state index is 12.5. The highest BCUT2D eigenvalue weighted by molar-refractivity contribution is 5.94. The lowest BCUT2D eigenvalue weighted by Gasteiger charge is -2.36. The lowest BCUT2D eigenvalue weighted by atomic mass is 9.92. The summed E-state index contributed by atoms with van der Waals surface area (Å²) in [6.45, 7) is 1.13. The van der Waals surface area contributed by atoms with Crippen molar-refractivity contribution in [2.75, 3.05) is 13.1 Å². The van der Waals surface area contributed by atoms with Crippen LogP contribution in [0.2, 0.25) is 0 Å². The fourth-order valence-corrected chi connectivity index (χ4v) is 2.68. The molecule has 98 valence electrons. The summed E-state index contributed by atoms with van der Waals surface area (Å²) < 4.78 is 0. The van der Waals surface area contributed by atoms with Gasteiger partial charge in [-0.3, -0.25) is 9.89 Å². The molecule has 2 heterocycles. The van der Waals surface area contributed by atoms with Crippen LogP contribution in [-0.4, -0.2) is 34.1 Å². The number of nitrogens with one attached hydrogen (secondary N) is 1. The number of hydrogen-bond acceptors (Lipinski definition) is 3. The zero-order valence-corrected chi connectivity index (χ0v) is 10.5. The summed E-state index contributed by atoms with van der Waals surface area (Å²) in [5.41, 5.74) is 8.91. The minimum Gasteiger partial charge on any atom is -0.330 e. The molecule has 2 aromatic rings. The fourth-order valence-electron chi connectivity index (χ4n) is 2.68. The van der Waals surface area contributed by atoms with Crippen LogP contribution in [0.5, 0.6) is 0 Å². The van der Waals surface area contributed by atoms with Crippen LogP contribution in [0.25, 0.3) is 0 Å². The zero-order valence-electron chi connectivity index (χ0n) is 10.5. The van der Waals surface area contributed by atoms with Crippen molar-refractivity contribution in [2.24, 2.45) is 5.73 Å². The van der Waals surface area contributed by atoms with Gasteiger partial charge in [0.15, 0.2) is 0 Å². The van der Waals surface area contributed by atoms with E-state index in [0.29, 0.717) is 18.7 Å². The summed E-state index contributed by atoms with van der Waals surface area (Å²) in [6, 6.07) is 8.14. The van der Waals surface area contributed by atoms with Crippen molar-refractivity contribution in [2.45, 2.75) is 12.5 Å². The number of nitrogens with zero attached hydrogens (tertiary/aromatic N) is 2. The third kappa shape index (κ3) is 2.02. The van der Waals surface area contributed by atoms with Gasteiger partial charge in [0.25, 0.3) is 5.91 Å². The third-order valence-corrected chi connectivity index (χ3v) is 3.64. The van der Waals surface area contributed by atoms with Crippen LogP contribution < -0.4 is 5.73 Å². The van der Waals surface area contributed by atoms with E-state index in [1.54, 1.807) is 12.4 Å². The molecule has 0 aliphatic carbocycles. The Balaban J connectivity index is 1.94. The number of carbonyl (C=O) groups excluding carboxylic acids is 1. The predicted octanol–water partition coefficient (Wildman–Crippen LogP) is 1.11. The van der Waals surface area contributed by atoms with Crippen molar-refractivity contribution >= 4 is 5.91 Å². The standard InChI is InChI=1S/C14H16N4O/c15-7-13-12-4-2-1-3-10(12)5-6-18(13)14(19)11-8-16-17-9-11/h1-4,8-9,13H,5-7,15H2,(H,16,17). The molecule has 1 amide bonds. The maximum atomic E-state index is 12.5. The topological polar surface area (TPSA) is 75.0 Å². The van der Waals surface area contributed by atoms with Crippen LogP contribution in [0.15, 0.2) is 36.7 Å². The van der Waals surface area contributed by atoms with Gasteiger partial charge in [-0.15, -0.1) is 0 Å². The van der Waals surface area contributed by atoms with Gasteiger partial charge in [0.2, 0.25) is 0 Å². The molecule has 0 saturated carbocycles. The molecule has 0 radical (unpaired) electrons. The second-order valence-electron chi connectivity index (χ2n) is 4.69. The first-order valence-electron chi connectivity index (χ1n) is 6.39. The van der Waals surface area contributed by atoms with Crippen LogP contribution >= 0.6 is 0 Å². The number of H-pyrrole nitrogens is 1. The fraction of sp³-hybridized carbons (Fsp3) is 0.286. The molecular formula is C14H16N4O.